The van der Waals surface area contributed by atoms with Gasteiger partial charge in [-0.25, -0.2) is 4.79 Å². The summed E-state index contributed by atoms with van der Waals surface area (Å²) >= 11 is 0. The van der Waals surface area contributed by atoms with E-state index >= 15 is 0 Å². The number of benzene rings is 2. The summed E-state index contributed by atoms with van der Waals surface area (Å²) in [7, 11) is 0. The number of imidazole rings is 1. The molecule has 0 saturated heterocycles. The SMILES string of the molecule is N#C/C(=C/c1ccc2c(c1)OCO2)C(=O)Nc1ccc2[nH]c(=O)[nH]c2c1. The first kappa shape index (κ1) is 15.5. The van der Waals surface area contributed by atoms with E-state index in [2.05, 4.69) is 15.3 Å². The summed E-state index contributed by atoms with van der Waals surface area (Å²) in [5.74, 6) is 0.639. The number of aromatic amines is 2. The van der Waals surface area contributed by atoms with Gasteiger partial charge in [0.25, 0.3) is 5.91 Å². The highest BCUT2D eigenvalue weighted by atomic mass is 16.7. The average Bonchev–Trinajstić information content (AvgIpc) is 3.23. The lowest BCUT2D eigenvalue weighted by Gasteiger charge is -2.05. The molecule has 0 bridgehead atoms. The number of hydrogen-bond acceptors (Lipinski definition) is 5. The Bertz CT molecular complexity index is 1150. The molecule has 0 radical (unpaired) electrons. The Hall–Kier alpha value is -3.99. The molecule has 1 aliphatic rings. The maximum atomic E-state index is 12.4. The van der Waals surface area contributed by atoms with Gasteiger partial charge in [-0.15, -0.1) is 0 Å². The minimum atomic E-state index is -0.553. The van der Waals surface area contributed by atoms with Crippen LogP contribution in [-0.2, 0) is 4.79 Å². The largest absolute Gasteiger partial charge is 0.454 e. The van der Waals surface area contributed by atoms with Crippen LogP contribution < -0.4 is 20.5 Å². The maximum Gasteiger partial charge on any atom is 0.323 e. The molecule has 0 unspecified atom stereocenters. The van der Waals surface area contributed by atoms with Gasteiger partial charge < -0.3 is 24.8 Å². The molecule has 1 aliphatic heterocycles. The van der Waals surface area contributed by atoms with Crippen molar-refractivity contribution in [3.63, 3.8) is 0 Å². The van der Waals surface area contributed by atoms with E-state index in [1.165, 1.54) is 6.08 Å². The van der Waals surface area contributed by atoms with Crippen LogP contribution in [0.3, 0.4) is 0 Å². The molecule has 1 aromatic heterocycles. The van der Waals surface area contributed by atoms with Gasteiger partial charge in [-0.05, 0) is 42.0 Å². The molecule has 2 heterocycles. The zero-order valence-corrected chi connectivity index (χ0v) is 13.3. The lowest BCUT2D eigenvalue weighted by molar-refractivity contribution is -0.112. The van der Waals surface area contributed by atoms with E-state index in [0.717, 1.165) is 0 Å². The molecule has 2 aromatic carbocycles. The van der Waals surface area contributed by atoms with E-state index in [1.54, 1.807) is 36.4 Å². The Labute approximate surface area is 146 Å². The van der Waals surface area contributed by atoms with E-state index in [-0.39, 0.29) is 18.1 Å². The van der Waals surface area contributed by atoms with E-state index in [0.29, 0.717) is 33.8 Å². The number of rotatable bonds is 3. The number of nitrogens with zero attached hydrogens (tertiary/aromatic N) is 1. The molecule has 8 heteroatoms. The van der Waals surface area contributed by atoms with E-state index in [1.807, 2.05) is 6.07 Å². The molecule has 3 aromatic rings. The second kappa shape index (κ2) is 6.14. The van der Waals surface area contributed by atoms with Gasteiger partial charge in [0.1, 0.15) is 11.6 Å². The molecule has 0 aliphatic carbocycles. The highest BCUT2D eigenvalue weighted by Gasteiger charge is 2.14. The van der Waals surface area contributed by atoms with Crippen LogP contribution in [0.4, 0.5) is 5.69 Å². The number of H-pyrrole nitrogens is 2. The predicted molar refractivity (Wildman–Crippen MR) is 93.7 cm³/mol. The number of nitrogens with one attached hydrogen (secondary N) is 3. The Morgan fingerprint density at radius 3 is 2.77 bits per heavy atom. The monoisotopic (exact) mass is 348 g/mol. The fraction of sp³-hybridized carbons (Fsp3) is 0.0556. The number of carbonyl (C=O) groups is 1. The Balaban J connectivity index is 1.58. The van der Waals surface area contributed by atoms with Crippen LogP contribution in [0.1, 0.15) is 5.56 Å². The van der Waals surface area contributed by atoms with Crippen molar-refractivity contribution in [3.05, 3.63) is 58.0 Å². The number of ether oxygens (including phenoxy) is 2. The number of fused-ring (bicyclic) bond motifs is 2. The minimum Gasteiger partial charge on any atom is -0.454 e. The maximum absolute atomic E-state index is 12.4. The first-order valence-corrected chi connectivity index (χ1v) is 7.67. The summed E-state index contributed by atoms with van der Waals surface area (Å²) in [6.45, 7) is 0.151. The normalized spacial score (nSPS) is 12.8. The molecule has 0 fully saturated rings. The second-order valence-electron chi connectivity index (χ2n) is 5.58. The van der Waals surface area contributed by atoms with Crippen LogP contribution in [0, 0.1) is 11.3 Å². The summed E-state index contributed by atoms with van der Waals surface area (Å²) in [6.07, 6.45) is 1.47. The summed E-state index contributed by atoms with van der Waals surface area (Å²) in [5, 5.41) is 12.0. The summed E-state index contributed by atoms with van der Waals surface area (Å²) in [5.41, 5.74) is 1.90. The summed E-state index contributed by atoms with van der Waals surface area (Å²) in [4.78, 5) is 28.9. The van der Waals surface area contributed by atoms with Gasteiger partial charge in [-0.2, -0.15) is 5.26 Å². The summed E-state index contributed by atoms with van der Waals surface area (Å²) in [6, 6.07) is 12.0. The molecule has 26 heavy (non-hydrogen) atoms. The van der Waals surface area contributed by atoms with Crippen LogP contribution in [0.25, 0.3) is 17.1 Å². The van der Waals surface area contributed by atoms with Gasteiger partial charge in [-0.1, -0.05) is 6.07 Å². The number of amides is 1. The first-order chi connectivity index (χ1) is 12.6. The second-order valence-corrected chi connectivity index (χ2v) is 5.58. The molecule has 128 valence electrons. The van der Waals surface area contributed by atoms with Crippen LogP contribution in [-0.4, -0.2) is 22.7 Å². The smallest absolute Gasteiger partial charge is 0.323 e. The van der Waals surface area contributed by atoms with Crippen LogP contribution in [0.2, 0.25) is 0 Å². The Kier molecular flexibility index (Phi) is 3.67. The van der Waals surface area contributed by atoms with E-state index in [9.17, 15) is 14.9 Å². The van der Waals surface area contributed by atoms with Crippen molar-refractivity contribution >= 4 is 28.7 Å². The van der Waals surface area contributed by atoms with Gasteiger partial charge >= 0.3 is 5.69 Å². The number of anilines is 1. The van der Waals surface area contributed by atoms with Crippen LogP contribution in [0.5, 0.6) is 11.5 Å². The van der Waals surface area contributed by atoms with E-state index in [4.69, 9.17) is 9.47 Å². The van der Waals surface area contributed by atoms with Gasteiger partial charge in [0, 0.05) is 5.69 Å². The van der Waals surface area contributed by atoms with Crippen molar-refractivity contribution in [2.45, 2.75) is 0 Å². The molecule has 4 rings (SSSR count). The lowest BCUT2D eigenvalue weighted by Crippen LogP contribution is -2.13. The van der Waals surface area contributed by atoms with Crippen LogP contribution >= 0.6 is 0 Å². The predicted octanol–water partition coefficient (Wildman–Crippen LogP) is 2.13. The number of aromatic nitrogens is 2. The van der Waals surface area contributed by atoms with Crippen molar-refractivity contribution in [2.24, 2.45) is 0 Å². The highest BCUT2D eigenvalue weighted by Crippen LogP contribution is 2.33. The standard InChI is InChI=1S/C18H12N4O4/c19-8-11(5-10-1-4-15-16(6-10)26-9-25-15)17(23)20-12-2-3-13-14(7-12)22-18(24)21-13/h1-7H,9H2,(H,20,23)(H2,21,22,24)/b11-5-. The molecule has 0 spiro atoms. The molecule has 1 amide bonds. The molecule has 0 saturated carbocycles. The number of carbonyl (C=O) groups excluding carboxylic acids is 1. The molecular weight excluding hydrogens is 336 g/mol. The third-order valence-electron chi connectivity index (χ3n) is 3.85. The fourth-order valence-corrected chi connectivity index (χ4v) is 2.63. The molecule has 0 atom stereocenters. The van der Waals surface area contributed by atoms with Crippen molar-refractivity contribution < 1.29 is 14.3 Å². The minimum absolute atomic E-state index is 0.0634. The van der Waals surface area contributed by atoms with Gasteiger partial charge in [0.15, 0.2) is 11.5 Å². The fourth-order valence-electron chi connectivity index (χ4n) is 2.63. The first-order valence-electron chi connectivity index (χ1n) is 7.67. The number of nitriles is 1. The third kappa shape index (κ3) is 2.89. The summed E-state index contributed by atoms with van der Waals surface area (Å²) < 4.78 is 10.5. The topological polar surface area (TPSA) is 120 Å². The average molecular weight is 348 g/mol. The van der Waals surface area contributed by atoms with E-state index < -0.39 is 5.91 Å². The van der Waals surface area contributed by atoms with Crippen LogP contribution in [0.15, 0.2) is 46.8 Å². The highest BCUT2D eigenvalue weighted by molar-refractivity contribution is 6.10. The van der Waals surface area contributed by atoms with Crippen molar-refractivity contribution in [1.82, 2.24) is 9.97 Å². The van der Waals surface area contributed by atoms with Gasteiger partial charge in [0.2, 0.25) is 6.79 Å². The van der Waals surface area contributed by atoms with Crippen molar-refractivity contribution in [3.8, 4) is 17.6 Å². The quantitative estimate of drug-likeness (QED) is 0.495. The third-order valence-corrected chi connectivity index (χ3v) is 3.85. The zero-order chi connectivity index (χ0) is 18.1. The van der Waals surface area contributed by atoms with Gasteiger partial charge in [0.05, 0.1) is 11.0 Å². The molecular formula is C18H12N4O4. The number of hydrogen-bond donors (Lipinski definition) is 3. The molecule has 8 nitrogen and oxygen atoms in total. The van der Waals surface area contributed by atoms with Gasteiger partial charge in [-0.3, -0.25) is 4.79 Å². The Morgan fingerprint density at radius 2 is 1.92 bits per heavy atom. The Morgan fingerprint density at radius 1 is 1.12 bits per heavy atom. The zero-order valence-electron chi connectivity index (χ0n) is 13.3. The van der Waals surface area contributed by atoms with Crippen molar-refractivity contribution in [1.29, 1.82) is 5.26 Å². The lowest BCUT2D eigenvalue weighted by atomic mass is 10.1. The van der Waals surface area contributed by atoms with Crippen molar-refractivity contribution in [2.75, 3.05) is 12.1 Å². The molecule has 3 N–H and O–H groups in total.